The fourth-order valence-corrected chi connectivity index (χ4v) is 3.18. The van der Waals surface area contributed by atoms with E-state index in [9.17, 15) is 18.0 Å². The fraction of sp³-hybridized carbons (Fsp3) is 0.667. The minimum absolute atomic E-state index is 0.0677. The number of aromatic nitrogens is 1. The Balaban J connectivity index is 1.79. The van der Waals surface area contributed by atoms with Crippen LogP contribution in [0, 0.1) is 11.8 Å². The Morgan fingerprint density at radius 1 is 1.21 bits per heavy atom. The Morgan fingerprint density at radius 2 is 1.92 bits per heavy atom. The molecule has 0 unspecified atom stereocenters. The molecule has 1 aromatic rings. The van der Waals surface area contributed by atoms with Gasteiger partial charge in [-0.15, -0.1) is 0 Å². The molecular formula is C18H24F3NO2. The fourth-order valence-electron chi connectivity index (χ4n) is 3.18. The summed E-state index contributed by atoms with van der Waals surface area (Å²) >= 11 is 0. The van der Waals surface area contributed by atoms with E-state index >= 15 is 0 Å². The van der Waals surface area contributed by atoms with Crippen LogP contribution >= 0.6 is 0 Å². The monoisotopic (exact) mass is 343 g/mol. The van der Waals surface area contributed by atoms with Crippen molar-refractivity contribution >= 4 is 5.97 Å². The molecule has 1 fully saturated rings. The van der Waals surface area contributed by atoms with E-state index in [2.05, 4.69) is 11.9 Å². The summed E-state index contributed by atoms with van der Waals surface area (Å²) in [4.78, 5) is 15.4. The molecule has 0 bridgehead atoms. The molecule has 0 amide bonds. The molecule has 134 valence electrons. The van der Waals surface area contributed by atoms with Crippen molar-refractivity contribution in [3.8, 4) is 5.75 Å². The molecule has 6 heteroatoms. The van der Waals surface area contributed by atoms with Gasteiger partial charge in [-0.05, 0) is 43.7 Å². The lowest BCUT2D eigenvalue weighted by molar-refractivity contribution is -0.141. The predicted octanol–water partition coefficient (Wildman–Crippen LogP) is 5.39. The second-order valence-corrected chi connectivity index (χ2v) is 6.51. The number of nitrogens with zero attached hydrogens (tertiary/aromatic N) is 1. The van der Waals surface area contributed by atoms with Gasteiger partial charge in [0.05, 0.1) is 12.1 Å². The van der Waals surface area contributed by atoms with Gasteiger partial charge in [0.1, 0.15) is 11.4 Å². The first kappa shape index (κ1) is 18.7. The molecule has 0 N–H and O–H groups in total. The minimum atomic E-state index is -4.49. The molecular weight excluding hydrogens is 319 g/mol. The summed E-state index contributed by atoms with van der Waals surface area (Å²) < 4.78 is 42.5. The Hall–Kier alpha value is -1.59. The smallest absolute Gasteiger partial charge is 0.425 e. The lowest BCUT2D eigenvalue weighted by Gasteiger charge is -2.27. The van der Waals surface area contributed by atoms with Crippen LogP contribution in [0.4, 0.5) is 13.2 Å². The average Bonchev–Trinajstić information content (AvgIpc) is 2.55. The highest BCUT2D eigenvalue weighted by Gasteiger charge is 2.32. The van der Waals surface area contributed by atoms with Gasteiger partial charge >= 0.3 is 12.1 Å². The summed E-state index contributed by atoms with van der Waals surface area (Å²) in [6.07, 6.45) is 5.03. The van der Waals surface area contributed by atoms with E-state index in [1.165, 1.54) is 25.7 Å². The van der Waals surface area contributed by atoms with Gasteiger partial charge in [-0.1, -0.05) is 32.6 Å². The van der Waals surface area contributed by atoms with Crippen LogP contribution in [-0.4, -0.2) is 11.0 Å². The third-order valence-electron chi connectivity index (χ3n) is 4.64. The molecule has 1 saturated carbocycles. The Labute approximate surface area is 140 Å². The zero-order valence-electron chi connectivity index (χ0n) is 13.9. The SMILES string of the molecule is CCCCCC1CCC(C(=O)Oc2ccc(C(F)(F)F)nc2)CC1. The second kappa shape index (κ2) is 8.49. The lowest BCUT2D eigenvalue weighted by atomic mass is 9.80. The molecule has 0 saturated heterocycles. The van der Waals surface area contributed by atoms with E-state index in [-0.39, 0.29) is 17.6 Å². The number of ether oxygens (including phenoxy) is 1. The molecule has 1 aliphatic rings. The zero-order chi connectivity index (χ0) is 17.6. The Morgan fingerprint density at radius 3 is 2.46 bits per heavy atom. The number of rotatable bonds is 6. The quantitative estimate of drug-likeness (QED) is 0.513. The van der Waals surface area contributed by atoms with E-state index < -0.39 is 11.9 Å². The van der Waals surface area contributed by atoms with Gasteiger partial charge in [0.15, 0.2) is 0 Å². The first-order chi connectivity index (χ1) is 11.4. The van der Waals surface area contributed by atoms with Crippen molar-refractivity contribution in [2.45, 2.75) is 64.5 Å². The van der Waals surface area contributed by atoms with Crippen molar-refractivity contribution in [2.24, 2.45) is 11.8 Å². The van der Waals surface area contributed by atoms with Gasteiger partial charge in [-0.3, -0.25) is 4.79 Å². The number of unbranched alkanes of at least 4 members (excludes halogenated alkanes) is 2. The van der Waals surface area contributed by atoms with Gasteiger partial charge in [0, 0.05) is 0 Å². The summed E-state index contributed by atoms with van der Waals surface area (Å²) in [7, 11) is 0. The normalized spacial score (nSPS) is 21.5. The number of halogens is 3. The first-order valence-electron chi connectivity index (χ1n) is 8.65. The number of pyridine rings is 1. The third kappa shape index (κ3) is 5.49. The molecule has 1 aromatic heterocycles. The summed E-state index contributed by atoms with van der Waals surface area (Å²) in [5.74, 6) is 0.240. The summed E-state index contributed by atoms with van der Waals surface area (Å²) in [5.41, 5.74) is -0.991. The zero-order valence-corrected chi connectivity index (χ0v) is 13.9. The van der Waals surface area contributed by atoms with Crippen molar-refractivity contribution in [3.63, 3.8) is 0 Å². The number of carbonyl (C=O) groups excluding carboxylic acids is 1. The molecule has 0 radical (unpaired) electrons. The molecule has 2 rings (SSSR count). The maximum Gasteiger partial charge on any atom is 0.433 e. The van der Waals surface area contributed by atoms with E-state index in [4.69, 9.17) is 4.74 Å². The van der Waals surface area contributed by atoms with Crippen molar-refractivity contribution in [3.05, 3.63) is 24.0 Å². The van der Waals surface area contributed by atoms with Gasteiger partial charge in [0.25, 0.3) is 0 Å². The topological polar surface area (TPSA) is 39.2 Å². The second-order valence-electron chi connectivity index (χ2n) is 6.51. The van der Waals surface area contributed by atoms with Crippen LogP contribution < -0.4 is 4.74 Å². The van der Waals surface area contributed by atoms with Gasteiger partial charge < -0.3 is 4.74 Å². The highest BCUT2D eigenvalue weighted by Crippen LogP contribution is 2.33. The molecule has 3 nitrogen and oxygen atoms in total. The maximum absolute atomic E-state index is 12.5. The molecule has 0 atom stereocenters. The predicted molar refractivity (Wildman–Crippen MR) is 84.5 cm³/mol. The van der Waals surface area contributed by atoms with E-state index in [1.807, 2.05) is 0 Å². The van der Waals surface area contributed by atoms with E-state index in [0.717, 1.165) is 44.0 Å². The number of esters is 1. The highest BCUT2D eigenvalue weighted by molar-refractivity contribution is 5.75. The number of carbonyl (C=O) groups is 1. The number of hydrogen-bond donors (Lipinski definition) is 0. The van der Waals surface area contributed by atoms with Gasteiger partial charge in [0.2, 0.25) is 0 Å². The third-order valence-corrected chi connectivity index (χ3v) is 4.64. The van der Waals surface area contributed by atoms with Crippen LogP contribution in [0.15, 0.2) is 18.3 Å². The van der Waals surface area contributed by atoms with Gasteiger partial charge in [-0.2, -0.15) is 13.2 Å². The van der Waals surface area contributed by atoms with Crippen molar-refractivity contribution in [1.29, 1.82) is 0 Å². The van der Waals surface area contributed by atoms with Crippen molar-refractivity contribution < 1.29 is 22.7 Å². The van der Waals surface area contributed by atoms with Crippen molar-refractivity contribution in [2.75, 3.05) is 0 Å². The van der Waals surface area contributed by atoms with Crippen LogP contribution in [0.5, 0.6) is 5.75 Å². The average molecular weight is 343 g/mol. The number of alkyl halides is 3. The van der Waals surface area contributed by atoms with Crippen LogP contribution in [0.2, 0.25) is 0 Å². The Bertz CT molecular complexity index is 520. The van der Waals surface area contributed by atoms with E-state index in [0.29, 0.717) is 5.92 Å². The van der Waals surface area contributed by atoms with Gasteiger partial charge in [-0.25, -0.2) is 4.98 Å². The van der Waals surface area contributed by atoms with Crippen LogP contribution in [0.3, 0.4) is 0 Å². The highest BCUT2D eigenvalue weighted by atomic mass is 19.4. The molecule has 0 aromatic carbocycles. The molecule has 1 aliphatic carbocycles. The van der Waals surface area contributed by atoms with Crippen molar-refractivity contribution in [1.82, 2.24) is 4.98 Å². The van der Waals surface area contributed by atoms with E-state index in [1.54, 1.807) is 0 Å². The van der Waals surface area contributed by atoms with Crippen LogP contribution in [0.25, 0.3) is 0 Å². The first-order valence-corrected chi connectivity index (χ1v) is 8.65. The number of hydrogen-bond acceptors (Lipinski definition) is 3. The molecule has 0 aliphatic heterocycles. The summed E-state index contributed by atoms with van der Waals surface area (Å²) in [6.45, 7) is 2.18. The molecule has 1 heterocycles. The molecule has 24 heavy (non-hydrogen) atoms. The molecule has 0 spiro atoms. The summed E-state index contributed by atoms with van der Waals surface area (Å²) in [6, 6.07) is 1.97. The standard InChI is InChI=1S/C18H24F3NO2/c1-2-3-4-5-13-6-8-14(9-7-13)17(23)24-15-10-11-16(22-12-15)18(19,20)21/h10-14H,2-9H2,1H3. The summed E-state index contributed by atoms with van der Waals surface area (Å²) in [5, 5.41) is 0. The van der Waals surface area contributed by atoms with Crippen LogP contribution in [-0.2, 0) is 11.0 Å². The maximum atomic E-state index is 12.5. The Kier molecular flexibility index (Phi) is 6.63. The lowest BCUT2D eigenvalue weighted by Crippen LogP contribution is -2.25. The minimum Gasteiger partial charge on any atom is -0.425 e. The largest absolute Gasteiger partial charge is 0.433 e. The van der Waals surface area contributed by atoms with Crippen LogP contribution in [0.1, 0.15) is 64.0 Å².